The predicted molar refractivity (Wildman–Crippen MR) is 72.9 cm³/mol. The number of hydrogen-bond donors (Lipinski definition) is 0. The average molecular weight is 242 g/mol. The standard InChI is InChI=1S/C15H30O2/c1-8-9-17-13(16)12(10-14(2,3)4)11-15(5,6)7/h12H,8-11H2,1-7H3. The van der Waals surface area contributed by atoms with Crippen molar-refractivity contribution in [2.45, 2.75) is 67.7 Å². The minimum atomic E-state index is -0.0169. The zero-order valence-electron chi connectivity index (χ0n) is 12.7. The minimum Gasteiger partial charge on any atom is -0.465 e. The summed E-state index contributed by atoms with van der Waals surface area (Å²) >= 11 is 0. The van der Waals surface area contributed by atoms with Crippen LogP contribution in [0.4, 0.5) is 0 Å². The highest BCUT2D eigenvalue weighted by Crippen LogP contribution is 2.33. The second-order valence-electron chi connectivity index (χ2n) is 7.39. The van der Waals surface area contributed by atoms with Gasteiger partial charge in [-0.25, -0.2) is 0 Å². The van der Waals surface area contributed by atoms with Crippen molar-refractivity contribution < 1.29 is 9.53 Å². The van der Waals surface area contributed by atoms with Gasteiger partial charge >= 0.3 is 5.97 Å². The molecule has 0 aliphatic carbocycles. The number of carbonyl (C=O) groups excluding carboxylic acids is 1. The van der Waals surface area contributed by atoms with Crippen LogP contribution in [0.5, 0.6) is 0 Å². The van der Waals surface area contributed by atoms with Gasteiger partial charge in [-0.3, -0.25) is 4.79 Å². The number of ether oxygens (including phenoxy) is 1. The van der Waals surface area contributed by atoms with Crippen LogP contribution in [0, 0.1) is 16.7 Å². The van der Waals surface area contributed by atoms with Crippen LogP contribution >= 0.6 is 0 Å². The van der Waals surface area contributed by atoms with E-state index < -0.39 is 0 Å². The molecule has 0 aromatic heterocycles. The Kier molecular flexibility index (Phi) is 6.22. The van der Waals surface area contributed by atoms with Crippen LogP contribution < -0.4 is 0 Å². The topological polar surface area (TPSA) is 26.3 Å². The van der Waals surface area contributed by atoms with Crippen LogP contribution in [0.2, 0.25) is 0 Å². The van der Waals surface area contributed by atoms with Gasteiger partial charge in [-0.15, -0.1) is 0 Å². The fourth-order valence-electron chi connectivity index (χ4n) is 2.04. The molecule has 0 unspecified atom stereocenters. The molecular weight excluding hydrogens is 212 g/mol. The third-order valence-corrected chi connectivity index (χ3v) is 2.50. The molecule has 0 aromatic rings. The fourth-order valence-corrected chi connectivity index (χ4v) is 2.04. The number of rotatable bonds is 5. The highest BCUT2D eigenvalue weighted by molar-refractivity contribution is 5.72. The molecule has 0 N–H and O–H groups in total. The second-order valence-corrected chi connectivity index (χ2v) is 7.39. The zero-order valence-corrected chi connectivity index (χ0v) is 12.7. The average Bonchev–Trinajstić information content (AvgIpc) is 2.08. The van der Waals surface area contributed by atoms with E-state index in [0.29, 0.717) is 6.61 Å². The first-order chi connectivity index (χ1) is 7.55. The summed E-state index contributed by atoms with van der Waals surface area (Å²) in [7, 11) is 0. The molecule has 0 aliphatic rings. The van der Waals surface area contributed by atoms with Crippen molar-refractivity contribution in [1.82, 2.24) is 0 Å². The maximum Gasteiger partial charge on any atom is 0.308 e. The van der Waals surface area contributed by atoms with Gasteiger partial charge < -0.3 is 4.74 Å². The summed E-state index contributed by atoms with van der Waals surface area (Å²) in [5, 5.41) is 0. The molecule has 0 spiro atoms. The van der Waals surface area contributed by atoms with Crippen molar-refractivity contribution in [3.8, 4) is 0 Å². The van der Waals surface area contributed by atoms with Crippen LogP contribution in [-0.4, -0.2) is 12.6 Å². The van der Waals surface area contributed by atoms with Gasteiger partial charge in [0.05, 0.1) is 12.5 Å². The Bertz CT molecular complexity index is 214. The Hall–Kier alpha value is -0.530. The molecule has 17 heavy (non-hydrogen) atoms. The van der Waals surface area contributed by atoms with Gasteiger partial charge in [0.2, 0.25) is 0 Å². The van der Waals surface area contributed by atoms with E-state index >= 15 is 0 Å². The Morgan fingerprint density at radius 3 is 1.71 bits per heavy atom. The van der Waals surface area contributed by atoms with Gasteiger partial charge in [0.15, 0.2) is 0 Å². The van der Waals surface area contributed by atoms with Gasteiger partial charge in [0, 0.05) is 0 Å². The van der Waals surface area contributed by atoms with Crippen molar-refractivity contribution >= 4 is 5.97 Å². The lowest BCUT2D eigenvalue weighted by Crippen LogP contribution is -2.27. The van der Waals surface area contributed by atoms with E-state index in [-0.39, 0.29) is 22.7 Å². The van der Waals surface area contributed by atoms with E-state index in [9.17, 15) is 4.79 Å². The molecule has 2 nitrogen and oxygen atoms in total. The largest absolute Gasteiger partial charge is 0.465 e. The first kappa shape index (κ1) is 16.5. The first-order valence-electron chi connectivity index (χ1n) is 6.72. The normalized spacial score (nSPS) is 12.9. The molecule has 0 radical (unpaired) electrons. The van der Waals surface area contributed by atoms with E-state index in [1.807, 2.05) is 6.92 Å². The molecule has 0 aliphatic heterocycles. The van der Waals surface area contributed by atoms with Crippen LogP contribution in [0.3, 0.4) is 0 Å². The molecule has 0 atom stereocenters. The summed E-state index contributed by atoms with van der Waals surface area (Å²) in [6, 6.07) is 0. The molecule has 0 saturated heterocycles. The van der Waals surface area contributed by atoms with E-state index in [1.54, 1.807) is 0 Å². The molecular formula is C15H30O2. The van der Waals surface area contributed by atoms with E-state index in [4.69, 9.17) is 4.74 Å². The Morgan fingerprint density at radius 2 is 1.41 bits per heavy atom. The highest BCUT2D eigenvalue weighted by atomic mass is 16.5. The third-order valence-electron chi connectivity index (χ3n) is 2.50. The SMILES string of the molecule is CCCOC(=O)C(CC(C)(C)C)CC(C)(C)C. The molecule has 0 rings (SSSR count). The van der Waals surface area contributed by atoms with Gasteiger partial charge in [-0.05, 0) is 30.1 Å². The maximum atomic E-state index is 12.0. The molecule has 0 heterocycles. The van der Waals surface area contributed by atoms with Crippen molar-refractivity contribution in [2.75, 3.05) is 6.61 Å². The van der Waals surface area contributed by atoms with Crippen molar-refractivity contribution in [3.63, 3.8) is 0 Å². The number of hydrogen-bond acceptors (Lipinski definition) is 2. The van der Waals surface area contributed by atoms with Crippen molar-refractivity contribution in [3.05, 3.63) is 0 Å². The third kappa shape index (κ3) is 9.20. The second kappa shape index (κ2) is 6.42. The molecule has 0 bridgehead atoms. The lowest BCUT2D eigenvalue weighted by molar-refractivity contribution is -0.150. The van der Waals surface area contributed by atoms with Crippen LogP contribution in [0.25, 0.3) is 0 Å². The highest BCUT2D eigenvalue weighted by Gasteiger charge is 2.29. The van der Waals surface area contributed by atoms with E-state index in [1.165, 1.54) is 0 Å². The molecule has 0 saturated carbocycles. The number of carbonyl (C=O) groups is 1. The summed E-state index contributed by atoms with van der Waals surface area (Å²) in [4.78, 5) is 12.0. The van der Waals surface area contributed by atoms with Gasteiger partial charge in [-0.2, -0.15) is 0 Å². The monoisotopic (exact) mass is 242 g/mol. The quantitative estimate of drug-likeness (QED) is 0.667. The van der Waals surface area contributed by atoms with Crippen LogP contribution in [-0.2, 0) is 9.53 Å². The van der Waals surface area contributed by atoms with Gasteiger partial charge in [-0.1, -0.05) is 48.5 Å². The first-order valence-corrected chi connectivity index (χ1v) is 6.72. The lowest BCUT2D eigenvalue weighted by atomic mass is 9.77. The fraction of sp³-hybridized carbons (Fsp3) is 0.933. The zero-order chi connectivity index (χ0) is 13.7. The number of esters is 1. The van der Waals surface area contributed by atoms with Gasteiger partial charge in [0.25, 0.3) is 0 Å². The lowest BCUT2D eigenvalue weighted by Gasteiger charge is -2.29. The predicted octanol–water partition coefficient (Wildman–Crippen LogP) is 4.43. The maximum absolute atomic E-state index is 12.0. The molecule has 0 amide bonds. The summed E-state index contributed by atoms with van der Waals surface area (Å²) in [5.74, 6) is 0.0123. The van der Waals surface area contributed by atoms with Gasteiger partial charge in [0.1, 0.15) is 0 Å². The minimum absolute atomic E-state index is 0.0169. The van der Waals surface area contributed by atoms with E-state index in [2.05, 4.69) is 41.5 Å². The van der Waals surface area contributed by atoms with Crippen LogP contribution in [0.1, 0.15) is 67.7 Å². The van der Waals surface area contributed by atoms with E-state index in [0.717, 1.165) is 19.3 Å². The molecule has 0 aromatic carbocycles. The molecule has 0 fully saturated rings. The summed E-state index contributed by atoms with van der Waals surface area (Å²) in [6.07, 6.45) is 2.68. The molecule has 2 heteroatoms. The Labute approximate surface area is 107 Å². The Morgan fingerprint density at radius 1 is 1.00 bits per heavy atom. The molecule has 102 valence electrons. The Balaban J connectivity index is 4.56. The smallest absolute Gasteiger partial charge is 0.308 e. The van der Waals surface area contributed by atoms with Crippen molar-refractivity contribution in [2.24, 2.45) is 16.7 Å². The van der Waals surface area contributed by atoms with Crippen molar-refractivity contribution in [1.29, 1.82) is 0 Å². The summed E-state index contributed by atoms with van der Waals surface area (Å²) in [5.41, 5.74) is 0.336. The summed E-state index contributed by atoms with van der Waals surface area (Å²) in [6.45, 7) is 15.6. The van der Waals surface area contributed by atoms with Crippen LogP contribution in [0.15, 0.2) is 0 Å². The summed E-state index contributed by atoms with van der Waals surface area (Å²) < 4.78 is 5.31.